The summed E-state index contributed by atoms with van der Waals surface area (Å²) in [4.78, 5) is 11.9. The number of hydrazone groups is 1. The summed E-state index contributed by atoms with van der Waals surface area (Å²) in [5, 5.41) is 4.00. The molecule has 1 amide bonds. The van der Waals surface area contributed by atoms with Gasteiger partial charge in [0.1, 0.15) is 11.5 Å². The average Bonchev–Trinajstić information content (AvgIpc) is 3.04. The molecule has 0 radical (unpaired) electrons. The third-order valence-electron chi connectivity index (χ3n) is 2.72. The summed E-state index contributed by atoms with van der Waals surface area (Å²) < 4.78 is 10.2. The van der Waals surface area contributed by atoms with E-state index >= 15 is 0 Å². The molecule has 0 aliphatic heterocycles. The fourth-order valence-corrected chi connectivity index (χ4v) is 1.57. The molecule has 0 saturated heterocycles. The van der Waals surface area contributed by atoms with Crippen molar-refractivity contribution in [2.45, 2.75) is 6.92 Å². The molecule has 0 aliphatic rings. The van der Waals surface area contributed by atoms with E-state index in [1.807, 2.05) is 6.07 Å². The van der Waals surface area contributed by atoms with Gasteiger partial charge >= 0.3 is 0 Å². The molecule has 2 aromatic rings. The zero-order chi connectivity index (χ0) is 15.1. The maximum absolute atomic E-state index is 11.9. The number of allylic oxidation sites excluding steroid dienone is 1. The minimum absolute atomic E-state index is 0.275. The smallest absolute Gasteiger partial charge is 0.271 e. The Hall–Kier alpha value is -2.82. The maximum atomic E-state index is 11.9. The highest BCUT2D eigenvalue weighted by Crippen LogP contribution is 2.11. The monoisotopic (exact) mass is 284 g/mol. The first-order valence-electron chi connectivity index (χ1n) is 6.39. The zero-order valence-electron chi connectivity index (χ0n) is 11.9. The summed E-state index contributed by atoms with van der Waals surface area (Å²) >= 11 is 0. The van der Waals surface area contributed by atoms with Crippen LogP contribution in [0, 0.1) is 0 Å². The number of amides is 1. The Bertz CT molecular complexity index is 641. The Morgan fingerprint density at radius 2 is 2.05 bits per heavy atom. The second-order valence-electron chi connectivity index (χ2n) is 4.27. The highest BCUT2D eigenvalue weighted by molar-refractivity contribution is 5.99. The lowest BCUT2D eigenvalue weighted by molar-refractivity contribution is 0.0955. The number of rotatable bonds is 5. The van der Waals surface area contributed by atoms with Crippen LogP contribution >= 0.6 is 0 Å². The summed E-state index contributed by atoms with van der Waals surface area (Å²) in [6, 6.07) is 10.4. The molecule has 2 rings (SSSR count). The van der Waals surface area contributed by atoms with Crippen LogP contribution in [0.25, 0.3) is 6.08 Å². The molecular formula is C16H16N2O3. The summed E-state index contributed by atoms with van der Waals surface area (Å²) in [5.74, 6) is 1.15. The van der Waals surface area contributed by atoms with Crippen molar-refractivity contribution in [1.82, 2.24) is 5.43 Å². The van der Waals surface area contributed by atoms with Crippen molar-refractivity contribution in [2.24, 2.45) is 5.10 Å². The van der Waals surface area contributed by atoms with Gasteiger partial charge in [0.25, 0.3) is 5.91 Å². The second-order valence-corrected chi connectivity index (χ2v) is 4.27. The first kappa shape index (κ1) is 14.6. The first-order chi connectivity index (χ1) is 10.2. The van der Waals surface area contributed by atoms with Crippen LogP contribution in [-0.2, 0) is 0 Å². The maximum Gasteiger partial charge on any atom is 0.271 e. The number of ether oxygens (including phenoxy) is 1. The molecule has 1 N–H and O–H groups in total. The molecule has 5 nitrogen and oxygen atoms in total. The third-order valence-corrected chi connectivity index (χ3v) is 2.72. The molecule has 0 unspecified atom stereocenters. The molecule has 5 heteroatoms. The first-order valence-corrected chi connectivity index (χ1v) is 6.39. The molecule has 0 bridgehead atoms. The highest BCUT2D eigenvalue weighted by Gasteiger charge is 2.04. The van der Waals surface area contributed by atoms with Crippen LogP contribution in [0.3, 0.4) is 0 Å². The molecule has 1 heterocycles. The van der Waals surface area contributed by atoms with Crippen molar-refractivity contribution in [2.75, 3.05) is 7.11 Å². The fourth-order valence-electron chi connectivity index (χ4n) is 1.57. The van der Waals surface area contributed by atoms with Gasteiger partial charge in [-0.05, 0) is 55.5 Å². The van der Waals surface area contributed by atoms with Gasteiger partial charge in [-0.25, -0.2) is 5.43 Å². The molecule has 1 aromatic carbocycles. The van der Waals surface area contributed by atoms with Gasteiger partial charge in [0.05, 0.1) is 19.1 Å². The van der Waals surface area contributed by atoms with Crippen molar-refractivity contribution in [1.29, 1.82) is 0 Å². The molecule has 0 atom stereocenters. The van der Waals surface area contributed by atoms with Crippen LogP contribution in [0.15, 0.2) is 58.3 Å². The van der Waals surface area contributed by atoms with Crippen LogP contribution < -0.4 is 10.2 Å². The number of nitrogens with zero attached hydrogens (tertiary/aromatic N) is 1. The van der Waals surface area contributed by atoms with Crippen LogP contribution in [0.5, 0.6) is 5.75 Å². The number of carbonyl (C=O) groups excluding carboxylic acids is 1. The lowest BCUT2D eigenvalue weighted by Crippen LogP contribution is -2.18. The summed E-state index contributed by atoms with van der Waals surface area (Å²) in [5.41, 5.74) is 3.67. The minimum atomic E-state index is -0.275. The molecule has 0 aliphatic carbocycles. The number of nitrogens with one attached hydrogen (secondary N) is 1. The predicted molar refractivity (Wildman–Crippen MR) is 81.3 cm³/mol. The topological polar surface area (TPSA) is 63.8 Å². The average molecular weight is 284 g/mol. The largest absolute Gasteiger partial charge is 0.497 e. The Morgan fingerprint density at radius 3 is 2.67 bits per heavy atom. The van der Waals surface area contributed by atoms with E-state index in [0.717, 1.165) is 5.76 Å². The summed E-state index contributed by atoms with van der Waals surface area (Å²) in [7, 11) is 1.58. The van der Waals surface area contributed by atoms with Gasteiger partial charge in [-0.1, -0.05) is 0 Å². The number of furan rings is 1. The van der Waals surface area contributed by atoms with Gasteiger partial charge in [0.15, 0.2) is 0 Å². The number of carbonyl (C=O) groups is 1. The Kier molecular flexibility index (Phi) is 4.93. The van der Waals surface area contributed by atoms with E-state index in [-0.39, 0.29) is 5.91 Å². The normalized spacial score (nSPS) is 11.6. The standard InChI is InChI=1S/C16H16N2O3/c1-12(5-8-15-4-3-11-21-15)17-18-16(19)13-6-9-14(20-2)10-7-13/h3-11H,1-2H3,(H,18,19)/b8-5-,17-12?. The lowest BCUT2D eigenvalue weighted by Gasteiger charge is -2.02. The number of benzene rings is 1. The Balaban J connectivity index is 1.94. The van der Waals surface area contributed by atoms with Crippen LogP contribution in [0.1, 0.15) is 23.0 Å². The van der Waals surface area contributed by atoms with Crippen LogP contribution in [0.2, 0.25) is 0 Å². The fraction of sp³-hybridized carbons (Fsp3) is 0.125. The van der Waals surface area contributed by atoms with E-state index in [0.29, 0.717) is 17.0 Å². The summed E-state index contributed by atoms with van der Waals surface area (Å²) in [6.07, 6.45) is 5.13. The van der Waals surface area contributed by atoms with Crippen molar-refractivity contribution >= 4 is 17.7 Å². The van der Waals surface area contributed by atoms with E-state index in [1.54, 1.807) is 62.8 Å². The van der Waals surface area contributed by atoms with Gasteiger partial charge in [-0.15, -0.1) is 0 Å². The van der Waals surface area contributed by atoms with Crippen molar-refractivity contribution in [3.63, 3.8) is 0 Å². The van der Waals surface area contributed by atoms with Gasteiger partial charge in [-0.2, -0.15) is 5.10 Å². The van der Waals surface area contributed by atoms with Gasteiger partial charge < -0.3 is 9.15 Å². The van der Waals surface area contributed by atoms with E-state index in [1.165, 1.54) is 0 Å². The van der Waals surface area contributed by atoms with Gasteiger partial charge in [0.2, 0.25) is 0 Å². The van der Waals surface area contributed by atoms with E-state index in [9.17, 15) is 4.79 Å². The number of hydrogen-bond donors (Lipinski definition) is 1. The summed E-state index contributed by atoms with van der Waals surface area (Å²) in [6.45, 7) is 1.79. The minimum Gasteiger partial charge on any atom is -0.497 e. The molecular weight excluding hydrogens is 268 g/mol. The zero-order valence-corrected chi connectivity index (χ0v) is 11.9. The quantitative estimate of drug-likeness (QED) is 0.677. The number of hydrogen-bond acceptors (Lipinski definition) is 4. The SMILES string of the molecule is COc1ccc(C(=O)NN=C(C)/C=C\c2ccco2)cc1. The second kappa shape index (κ2) is 7.09. The molecule has 0 fully saturated rings. The van der Waals surface area contributed by atoms with E-state index in [2.05, 4.69) is 10.5 Å². The molecule has 21 heavy (non-hydrogen) atoms. The Morgan fingerprint density at radius 1 is 1.29 bits per heavy atom. The molecule has 1 aromatic heterocycles. The lowest BCUT2D eigenvalue weighted by atomic mass is 10.2. The Labute approximate surface area is 122 Å². The number of methoxy groups -OCH3 is 1. The molecule has 0 spiro atoms. The van der Waals surface area contributed by atoms with Crippen molar-refractivity contribution in [3.8, 4) is 5.75 Å². The predicted octanol–water partition coefficient (Wildman–Crippen LogP) is 3.11. The van der Waals surface area contributed by atoms with Crippen molar-refractivity contribution < 1.29 is 13.9 Å². The van der Waals surface area contributed by atoms with Crippen molar-refractivity contribution in [3.05, 3.63) is 60.1 Å². The molecule has 108 valence electrons. The van der Waals surface area contributed by atoms with Crippen LogP contribution in [0.4, 0.5) is 0 Å². The highest BCUT2D eigenvalue weighted by atomic mass is 16.5. The van der Waals surface area contributed by atoms with Gasteiger partial charge in [-0.3, -0.25) is 4.79 Å². The van der Waals surface area contributed by atoms with E-state index in [4.69, 9.17) is 9.15 Å². The van der Waals surface area contributed by atoms with Crippen LogP contribution in [-0.4, -0.2) is 18.7 Å². The third kappa shape index (κ3) is 4.35. The van der Waals surface area contributed by atoms with E-state index < -0.39 is 0 Å². The molecule has 0 saturated carbocycles. The van der Waals surface area contributed by atoms with Gasteiger partial charge in [0, 0.05) is 5.56 Å².